The summed E-state index contributed by atoms with van der Waals surface area (Å²) in [5, 5.41) is 4.98. The Kier molecular flexibility index (Phi) is 8.79. The third kappa shape index (κ3) is 7.36. The van der Waals surface area contributed by atoms with E-state index in [4.69, 9.17) is 4.74 Å². The second-order valence-corrected chi connectivity index (χ2v) is 10.2. The summed E-state index contributed by atoms with van der Waals surface area (Å²) in [6, 6.07) is 7.33. The van der Waals surface area contributed by atoms with Crippen molar-refractivity contribution in [2.75, 3.05) is 31.5 Å². The van der Waals surface area contributed by atoms with Gasteiger partial charge in [-0.3, -0.25) is 14.4 Å². The minimum absolute atomic E-state index is 0.00280. The van der Waals surface area contributed by atoms with E-state index in [1.54, 1.807) is 27.3 Å². The molecule has 0 bridgehead atoms. The van der Waals surface area contributed by atoms with Gasteiger partial charge in [0.25, 0.3) is 5.91 Å². The summed E-state index contributed by atoms with van der Waals surface area (Å²) < 4.78 is 5.69. The van der Waals surface area contributed by atoms with Crippen LogP contribution < -0.4 is 5.32 Å². The highest BCUT2D eigenvalue weighted by Crippen LogP contribution is 2.18. The lowest BCUT2D eigenvalue weighted by molar-refractivity contribution is -0.142. The van der Waals surface area contributed by atoms with E-state index in [0.717, 1.165) is 5.56 Å². The van der Waals surface area contributed by atoms with Gasteiger partial charge in [-0.2, -0.15) is 0 Å². The predicted molar refractivity (Wildman–Crippen MR) is 133 cm³/mol. The van der Waals surface area contributed by atoms with Crippen molar-refractivity contribution in [2.24, 2.45) is 5.92 Å². The first-order valence-corrected chi connectivity index (χ1v) is 12.5. The monoisotopic (exact) mass is 486 g/mol. The highest BCUT2D eigenvalue weighted by atomic mass is 32.1. The number of carbonyl (C=O) groups excluding carboxylic acids is 3. The van der Waals surface area contributed by atoms with Gasteiger partial charge in [-0.1, -0.05) is 31.5 Å². The number of carbonyl (C=O) groups is 3. The number of hydrogen-bond acceptors (Lipinski definition) is 6. The number of thiazole rings is 1. The van der Waals surface area contributed by atoms with E-state index < -0.39 is 0 Å². The largest absolute Gasteiger partial charge is 0.372 e. The number of benzene rings is 1. The second-order valence-electron chi connectivity index (χ2n) is 9.37. The van der Waals surface area contributed by atoms with Crippen LogP contribution in [0.3, 0.4) is 0 Å². The summed E-state index contributed by atoms with van der Waals surface area (Å²) in [7, 11) is 0. The maximum atomic E-state index is 13.0. The minimum atomic E-state index is -0.316. The smallest absolute Gasteiger partial charge is 0.254 e. The normalized spacial score (nSPS) is 18.1. The molecule has 0 spiro atoms. The summed E-state index contributed by atoms with van der Waals surface area (Å²) in [4.78, 5) is 46.1. The molecule has 34 heavy (non-hydrogen) atoms. The molecular weight excluding hydrogens is 452 g/mol. The van der Waals surface area contributed by atoms with Gasteiger partial charge < -0.3 is 19.9 Å². The molecule has 1 aromatic heterocycles. The molecule has 0 radical (unpaired) electrons. The van der Waals surface area contributed by atoms with Crippen LogP contribution in [-0.2, 0) is 20.7 Å². The molecule has 2 aromatic rings. The van der Waals surface area contributed by atoms with Gasteiger partial charge >= 0.3 is 0 Å². The second kappa shape index (κ2) is 11.6. The van der Waals surface area contributed by atoms with Gasteiger partial charge in [0.1, 0.15) is 6.54 Å². The van der Waals surface area contributed by atoms with Crippen LogP contribution in [0.1, 0.15) is 49.3 Å². The van der Waals surface area contributed by atoms with Crippen molar-refractivity contribution >= 4 is 34.2 Å². The number of morpholine rings is 1. The number of ether oxygens (including phenoxy) is 1. The van der Waals surface area contributed by atoms with Crippen LogP contribution in [-0.4, -0.2) is 70.9 Å². The van der Waals surface area contributed by atoms with Gasteiger partial charge in [0.15, 0.2) is 5.13 Å². The van der Waals surface area contributed by atoms with Crippen molar-refractivity contribution in [2.45, 2.75) is 53.2 Å². The fraction of sp³-hybridized carbons (Fsp3) is 0.520. The van der Waals surface area contributed by atoms with Gasteiger partial charge in [-0.05, 0) is 38.8 Å². The highest BCUT2D eigenvalue weighted by molar-refractivity contribution is 7.13. The quantitative estimate of drug-likeness (QED) is 0.618. The van der Waals surface area contributed by atoms with E-state index in [9.17, 15) is 14.4 Å². The Morgan fingerprint density at radius 2 is 1.82 bits per heavy atom. The van der Waals surface area contributed by atoms with E-state index in [-0.39, 0.29) is 48.8 Å². The van der Waals surface area contributed by atoms with Crippen LogP contribution in [0.2, 0.25) is 0 Å². The number of aromatic nitrogens is 1. The van der Waals surface area contributed by atoms with Crippen LogP contribution in [0.5, 0.6) is 0 Å². The molecule has 0 saturated carbocycles. The first-order chi connectivity index (χ1) is 16.1. The Bertz CT molecular complexity index is 995. The van der Waals surface area contributed by atoms with E-state index in [1.165, 1.54) is 11.3 Å². The lowest BCUT2D eigenvalue weighted by Crippen LogP contribution is -2.48. The molecule has 1 aromatic carbocycles. The maximum Gasteiger partial charge on any atom is 0.254 e. The van der Waals surface area contributed by atoms with Gasteiger partial charge in [0.05, 0.1) is 24.3 Å². The van der Waals surface area contributed by atoms with Crippen molar-refractivity contribution in [3.8, 4) is 0 Å². The molecule has 3 rings (SSSR count). The van der Waals surface area contributed by atoms with E-state index in [0.29, 0.717) is 36.0 Å². The van der Waals surface area contributed by atoms with Gasteiger partial charge in [0.2, 0.25) is 11.8 Å². The average Bonchev–Trinajstić information content (AvgIpc) is 3.18. The topological polar surface area (TPSA) is 91.8 Å². The zero-order chi connectivity index (χ0) is 24.8. The summed E-state index contributed by atoms with van der Waals surface area (Å²) in [5.41, 5.74) is 2.24. The van der Waals surface area contributed by atoms with Gasteiger partial charge in [-0.15, -0.1) is 11.3 Å². The molecule has 184 valence electrons. The van der Waals surface area contributed by atoms with E-state index in [2.05, 4.69) is 10.3 Å². The lowest BCUT2D eigenvalue weighted by Gasteiger charge is -2.35. The molecule has 1 aliphatic heterocycles. The third-order valence-corrected chi connectivity index (χ3v) is 6.22. The molecule has 3 amide bonds. The molecule has 2 atom stereocenters. The zero-order valence-electron chi connectivity index (χ0n) is 20.5. The van der Waals surface area contributed by atoms with Gasteiger partial charge in [0, 0.05) is 30.6 Å². The first kappa shape index (κ1) is 25.8. The Balaban J connectivity index is 1.58. The molecule has 1 fully saturated rings. The summed E-state index contributed by atoms with van der Waals surface area (Å²) >= 11 is 1.27. The Labute approximate surface area is 205 Å². The maximum absolute atomic E-state index is 13.0. The number of nitrogens with zero attached hydrogens (tertiary/aromatic N) is 3. The SMILES string of the molecule is Cc1ccc(C(=O)N(CC(=O)Nc2nc(CC(=O)N3CC(C)OC(C)C3)cs2)CC(C)C)cc1. The fourth-order valence-corrected chi connectivity index (χ4v) is 4.69. The third-order valence-electron chi connectivity index (χ3n) is 5.41. The van der Waals surface area contributed by atoms with Crippen molar-refractivity contribution in [3.63, 3.8) is 0 Å². The molecule has 1 N–H and O–H groups in total. The minimum Gasteiger partial charge on any atom is -0.372 e. The zero-order valence-corrected chi connectivity index (χ0v) is 21.4. The Morgan fingerprint density at radius 1 is 1.18 bits per heavy atom. The number of anilines is 1. The standard InChI is InChI=1S/C25H34N4O4S/c1-16(2)11-29(24(32)20-8-6-17(3)7-9-20)14-22(30)27-25-26-21(15-34-25)10-23(31)28-12-18(4)33-19(5)13-28/h6-9,15-16,18-19H,10-14H2,1-5H3,(H,26,27,30). The lowest BCUT2D eigenvalue weighted by atomic mass is 10.1. The molecule has 0 aliphatic carbocycles. The summed E-state index contributed by atoms with van der Waals surface area (Å²) in [5.74, 6) is -0.283. The molecule has 8 nitrogen and oxygen atoms in total. The molecule has 2 unspecified atom stereocenters. The van der Waals surface area contributed by atoms with Crippen molar-refractivity contribution in [1.82, 2.24) is 14.8 Å². The number of hydrogen-bond donors (Lipinski definition) is 1. The van der Waals surface area contributed by atoms with Crippen LogP contribution in [0.15, 0.2) is 29.6 Å². The number of rotatable bonds is 8. The van der Waals surface area contributed by atoms with Crippen molar-refractivity contribution in [1.29, 1.82) is 0 Å². The summed E-state index contributed by atoms with van der Waals surface area (Å²) in [6.07, 6.45) is 0.195. The van der Waals surface area contributed by atoms with Crippen molar-refractivity contribution < 1.29 is 19.1 Å². The van der Waals surface area contributed by atoms with Crippen molar-refractivity contribution in [3.05, 3.63) is 46.5 Å². The molecule has 1 saturated heterocycles. The first-order valence-electron chi connectivity index (χ1n) is 11.6. The predicted octanol–water partition coefficient (Wildman–Crippen LogP) is 3.37. The summed E-state index contributed by atoms with van der Waals surface area (Å²) in [6.45, 7) is 11.4. The van der Waals surface area contributed by atoms with Crippen LogP contribution >= 0.6 is 11.3 Å². The van der Waals surface area contributed by atoms with Crippen LogP contribution in [0.25, 0.3) is 0 Å². The number of aryl methyl sites for hydroxylation is 1. The van der Waals surface area contributed by atoms with E-state index >= 15 is 0 Å². The number of nitrogens with one attached hydrogen (secondary N) is 1. The van der Waals surface area contributed by atoms with E-state index in [1.807, 2.05) is 46.8 Å². The Hall–Kier alpha value is -2.78. The fourth-order valence-electron chi connectivity index (χ4n) is 3.96. The molecule has 1 aliphatic rings. The van der Waals surface area contributed by atoms with Gasteiger partial charge in [-0.25, -0.2) is 4.98 Å². The molecule has 2 heterocycles. The number of amides is 3. The average molecular weight is 487 g/mol. The molecule has 9 heteroatoms. The van der Waals surface area contributed by atoms with Crippen LogP contribution in [0.4, 0.5) is 5.13 Å². The Morgan fingerprint density at radius 3 is 2.44 bits per heavy atom. The van der Waals surface area contributed by atoms with Crippen LogP contribution in [0, 0.1) is 12.8 Å². The highest BCUT2D eigenvalue weighted by Gasteiger charge is 2.26. The molecular formula is C25H34N4O4S.